The lowest BCUT2D eigenvalue weighted by Crippen LogP contribution is -2.26. The standard InChI is InChI=1S/C16H20N2OS/c1-18(17)15-9-3-8-14(12-5-2-6-12)16(15)19-11-13-7-4-10-20-13/h3-4,7-10,12H,2,5-6,11,17H2,1H3. The van der Waals surface area contributed by atoms with Crippen LogP contribution in [0.5, 0.6) is 5.75 Å². The van der Waals surface area contributed by atoms with Crippen LogP contribution in [0, 0.1) is 0 Å². The van der Waals surface area contributed by atoms with E-state index in [-0.39, 0.29) is 0 Å². The first-order valence-corrected chi connectivity index (χ1v) is 7.90. The lowest BCUT2D eigenvalue weighted by molar-refractivity contribution is 0.297. The molecular formula is C16H20N2OS. The van der Waals surface area contributed by atoms with Crippen LogP contribution in [-0.2, 0) is 6.61 Å². The highest BCUT2D eigenvalue weighted by molar-refractivity contribution is 7.09. The molecule has 0 saturated heterocycles. The lowest BCUT2D eigenvalue weighted by Gasteiger charge is -2.29. The van der Waals surface area contributed by atoms with Crippen LogP contribution < -0.4 is 15.6 Å². The van der Waals surface area contributed by atoms with Gasteiger partial charge in [-0.25, -0.2) is 5.84 Å². The second-order valence-corrected chi connectivity index (χ2v) is 6.33. The Balaban J connectivity index is 1.88. The van der Waals surface area contributed by atoms with E-state index in [9.17, 15) is 0 Å². The molecule has 20 heavy (non-hydrogen) atoms. The van der Waals surface area contributed by atoms with Crippen LogP contribution in [0.2, 0.25) is 0 Å². The van der Waals surface area contributed by atoms with Gasteiger partial charge in [0.2, 0.25) is 0 Å². The van der Waals surface area contributed by atoms with E-state index in [2.05, 4.69) is 29.6 Å². The molecule has 1 heterocycles. The third kappa shape index (κ3) is 2.67. The van der Waals surface area contributed by atoms with Gasteiger partial charge in [-0.3, -0.25) is 0 Å². The largest absolute Gasteiger partial charge is 0.486 e. The van der Waals surface area contributed by atoms with Gasteiger partial charge >= 0.3 is 0 Å². The van der Waals surface area contributed by atoms with Crippen LogP contribution in [0.1, 0.15) is 35.6 Å². The zero-order valence-electron chi connectivity index (χ0n) is 11.7. The number of thiophene rings is 1. The molecule has 0 bridgehead atoms. The van der Waals surface area contributed by atoms with Crippen molar-refractivity contribution < 1.29 is 4.74 Å². The molecule has 3 nitrogen and oxygen atoms in total. The van der Waals surface area contributed by atoms with Crippen LogP contribution in [0.25, 0.3) is 0 Å². The highest BCUT2D eigenvalue weighted by atomic mass is 32.1. The number of para-hydroxylation sites is 1. The Morgan fingerprint density at radius 3 is 2.75 bits per heavy atom. The van der Waals surface area contributed by atoms with Crippen molar-refractivity contribution in [2.45, 2.75) is 31.8 Å². The normalized spacial score (nSPS) is 14.9. The molecule has 2 aromatic rings. The van der Waals surface area contributed by atoms with E-state index in [4.69, 9.17) is 10.6 Å². The fourth-order valence-corrected chi connectivity index (χ4v) is 3.17. The van der Waals surface area contributed by atoms with Crippen molar-refractivity contribution in [1.82, 2.24) is 0 Å². The summed E-state index contributed by atoms with van der Waals surface area (Å²) in [4.78, 5) is 1.24. The van der Waals surface area contributed by atoms with Crippen LogP contribution in [-0.4, -0.2) is 7.05 Å². The van der Waals surface area contributed by atoms with Gasteiger partial charge in [-0.15, -0.1) is 11.3 Å². The first kappa shape index (κ1) is 13.5. The van der Waals surface area contributed by atoms with E-state index < -0.39 is 0 Å². The van der Waals surface area contributed by atoms with Crippen LogP contribution in [0.4, 0.5) is 5.69 Å². The maximum Gasteiger partial charge on any atom is 0.147 e. The van der Waals surface area contributed by atoms with Crippen molar-refractivity contribution >= 4 is 17.0 Å². The van der Waals surface area contributed by atoms with Gasteiger partial charge in [0.15, 0.2) is 0 Å². The van der Waals surface area contributed by atoms with Gasteiger partial charge < -0.3 is 9.75 Å². The number of ether oxygens (including phenoxy) is 1. The molecule has 1 aromatic heterocycles. The highest BCUT2D eigenvalue weighted by Gasteiger charge is 2.25. The monoisotopic (exact) mass is 288 g/mol. The summed E-state index contributed by atoms with van der Waals surface area (Å²) in [5.74, 6) is 7.53. The second-order valence-electron chi connectivity index (χ2n) is 5.30. The average molecular weight is 288 g/mol. The van der Waals surface area contributed by atoms with Crippen molar-refractivity contribution in [3.63, 3.8) is 0 Å². The van der Waals surface area contributed by atoms with E-state index >= 15 is 0 Å². The van der Waals surface area contributed by atoms with Gasteiger partial charge in [0.1, 0.15) is 12.4 Å². The topological polar surface area (TPSA) is 38.5 Å². The van der Waals surface area contributed by atoms with Gasteiger partial charge in [0.05, 0.1) is 5.69 Å². The molecule has 0 aliphatic heterocycles. The summed E-state index contributed by atoms with van der Waals surface area (Å²) >= 11 is 1.72. The molecule has 0 spiro atoms. The number of rotatable bonds is 5. The van der Waals surface area contributed by atoms with Crippen LogP contribution in [0.3, 0.4) is 0 Å². The summed E-state index contributed by atoms with van der Waals surface area (Å²) < 4.78 is 6.12. The molecule has 2 N–H and O–H groups in total. The average Bonchev–Trinajstić information content (AvgIpc) is 2.88. The smallest absolute Gasteiger partial charge is 0.147 e. The van der Waals surface area contributed by atoms with Crippen molar-refractivity contribution in [3.8, 4) is 5.75 Å². The predicted octanol–water partition coefficient (Wildman–Crippen LogP) is 3.90. The zero-order valence-corrected chi connectivity index (χ0v) is 12.5. The van der Waals surface area contributed by atoms with E-state index in [1.165, 1.54) is 29.7 Å². The maximum absolute atomic E-state index is 6.12. The Kier molecular flexibility index (Phi) is 3.94. The molecule has 1 fully saturated rings. The minimum absolute atomic E-state index is 0.613. The molecule has 0 radical (unpaired) electrons. The lowest BCUT2D eigenvalue weighted by atomic mass is 9.79. The molecule has 1 saturated carbocycles. The van der Waals surface area contributed by atoms with Crippen molar-refractivity contribution in [1.29, 1.82) is 0 Å². The highest BCUT2D eigenvalue weighted by Crippen LogP contribution is 2.44. The van der Waals surface area contributed by atoms with Gasteiger partial charge in [-0.05, 0) is 41.8 Å². The number of benzene rings is 1. The fraction of sp³-hybridized carbons (Fsp3) is 0.375. The van der Waals surface area contributed by atoms with Gasteiger partial charge in [-0.2, -0.15) is 0 Å². The third-order valence-electron chi connectivity index (χ3n) is 3.89. The summed E-state index contributed by atoms with van der Waals surface area (Å²) in [5.41, 5.74) is 2.27. The molecule has 1 aliphatic rings. The maximum atomic E-state index is 6.12. The third-order valence-corrected chi connectivity index (χ3v) is 4.74. The Morgan fingerprint density at radius 1 is 1.30 bits per heavy atom. The number of anilines is 1. The summed E-state index contributed by atoms with van der Waals surface area (Å²) in [7, 11) is 1.86. The van der Waals surface area contributed by atoms with E-state index in [1.54, 1.807) is 16.3 Å². The van der Waals surface area contributed by atoms with E-state index in [0.717, 1.165) is 11.4 Å². The number of nitrogens with two attached hydrogens (primary N) is 1. The summed E-state index contributed by atoms with van der Waals surface area (Å²) in [6, 6.07) is 10.4. The first-order chi connectivity index (χ1) is 9.75. The van der Waals surface area contributed by atoms with Crippen LogP contribution in [0.15, 0.2) is 35.7 Å². The summed E-state index contributed by atoms with van der Waals surface area (Å²) in [6.45, 7) is 0.613. The summed E-state index contributed by atoms with van der Waals surface area (Å²) in [6.07, 6.45) is 3.83. The SMILES string of the molecule is CN(N)c1cccc(C2CCC2)c1OCc1cccs1. The molecule has 0 unspecified atom stereocenters. The molecule has 3 rings (SSSR count). The van der Waals surface area contributed by atoms with Gasteiger partial charge in [0, 0.05) is 11.9 Å². The van der Waals surface area contributed by atoms with E-state index in [0.29, 0.717) is 12.5 Å². The Morgan fingerprint density at radius 2 is 2.15 bits per heavy atom. The molecule has 4 heteroatoms. The Bertz CT molecular complexity index is 562. The molecule has 0 atom stereocenters. The minimum Gasteiger partial charge on any atom is -0.486 e. The zero-order chi connectivity index (χ0) is 13.9. The van der Waals surface area contributed by atoms with Gasteiger partial charge in [0.25, 0.3) is 0 Å². The van der Waals surface area contributed by atoms with E-state index in [1.807, 2.05) is 13.1 Å². The van der Waals surface area contributed by atoms with Crippen molar-refractivity contribution in [2.24, 2.45) is 5.84 Å². The van der Waals surface area contributed by atoms with Crippen molar-refractivity contribution in [2.75, 3.05) is 12.1 Å². The number of hydrazine groups is 1. The Labute approximate surface area is 123 Å². The molecule has 1 aliphatic carbocycles. The Hall–Kier alpha value is -1.52. The molecule has 1 aromatic carbocycles. The predicted molar refractivity (Wildman–Crippen MR) is 84.3 cm³/mol. The fourth-order valence-electron chi connectivity index (χ4n) is 2.56. The number of hydrogen-bond donors (Lipinski definition) is 1. The molecule has 0 amide bonds. The van der Waals surface area contributed by atoms with Gasteiger partial charge in [-0.1, -0.05) is 24.6 Å². The van der Waals surface area contributed by atoms with Crippen molar-refractivity contribution in [3.05, 3.63) is 46.2 Å². The molecule has 106 valence electrons. The quantitative estimate of drug-likeness (QED) is 0.670. The number of hydrogen-bond acceptors (Lipinski definition) is 4. The molecular weight excluding hydrogens is 268 g/mol. The second kappa shape index (κ2) is 5.85. The first-order valence-electron chi connectivity index (χ1n) is 7.02. The number of nitrogens with zero attached hydrogens (tertiary/aromatic N) is 1. The minimum atomic E-state index is 0.613. The van der Waals surface area contributed by atoms with Crippen LogP contribution >= 0.6 is 11.3 Å². The summed E-state index contributed by atoms with van der Waals surface area (Å²) in [5, 5.41) is 3.72.